The van der Waals surface area contributed by atoms with Crippen LogP contribution in [0.3, 0.4) is 0 Å². The van der Waals surface area contributed by atoms with Gasteiger partial charge in [-0.15, -0.1) is 0 Å². The van der Waals surface area contributed by atoms with Crippen LogP contribution in [0.1, 0.15) is 33.1 Å². The van der Waals surface area contributed by atoms with Gasteiger partial charge in [-0.25, -0.2) is 0 Å². The van der Waals surface area contributed by atoms with Crippen molar-refractivity contribution < 1.29 is 0 Å². The van der Waals surface area contributed by atoms with Crippen molar-refractivity contribution in [3.8, 4) is 0 Å². The Kier molecular flexibility index (Phi) is 3.80. The van der Waals surface area contributed by atoms with Crippen molar-refractivity contribution in [2.45, 2.75) is 45.2 Å². The first-order chi connectivity index (χ1) is 5.83. The smallest absolute Gasteiger partial charge is 0.0952 e. The second-order valence-corrected chi connectivity index (χ2v) is 7.93. The van der Waals surface area contributed by atoms with Crippen LogP contribution in [0.2, 0.25) is 12.1 Å². The zero-order valence-electron chi connectivity index (χ0n) is 8.34. The van der Waals surface area contributed by atoms with Gasteiger partial charge in [-0.1, -0.05) is 54.9 Å². The topological polar surface area (TPSA) is 0 Å². The minimum Gasteiger partial charge on any atom is -0.0952 e. The quantitative estimate of drug-likeness (QED) is 0.566. The summed E-state index contributed by atoms with van der Waals surface area (Å²) >= 11 is 0. The Morgan fingerprint density at radius 2 is 1.33 bits per heavy atom. The van der Waals surface area contributed by atoms with Gasteiger partial charge in [-0.05, 0) is 13.8 Å². The van der Waals surface area contributed by atoms with Gasteiger partial charge >= 0.3 is 0 Å². The standard InChI is InChI=1S/C11H20Si/c1-3-8-12(9-4-2)10-6-5-7-11-12/h3-4,8-9H,5-7,10-11H2,1-2H3. The molecule has 0 N–H and O–H groups in total. The summed E-state index contributed by atoms with van der Waals surface area (Å²) in [7, 11) is -1.04. The molecule has 0 amide bonds. The van der Waals surface area contributed by atoms with Crippen LogP contribution in [0.5, 0.6) is 0 Å². The molecule has 1 rings (SSSR count). The van der Waals surface area contributed by atoms with Crippen molar-refractivity contribution in [3.63, 3.8) is 0 Å². The molecule has 0 aromatic carbocycles. The zero-order valence-corrected chi connectivity index (χ0v) is 9.34. The van der Waals surface area contributed by atoms with Crippen molar-refractivity contribution in [2.24, 2.45) is 0 Å². The van der Waals surface area contributed by atoms with Gasteiger partial charge in [0.2, 0.25) is 0 Å². The van der Waals surface area contributed by atoms with Crippen molar-refractivity contribution in [1.82, 2.24) is 0 Å². The van der Waals surface area contributed by atoms with Gasteiger partial charge in [0.15, 0.2) is 0 Å². The molecule has 1 fully saturated rings. The van der Waals surface area contributed by atoms with Crippen molar-refractivity contribution in [3.05, 3.63) is 23.6 Å². The number of hydrogen-bond acceptors (Lipinski definition) is 0. The van der Waals surface area contributed by atoms with Crippen LogP contribution in [0, 0.1) is 0 Å². The van der Waals surface area contributed by atoms with E-state index in [0.29, 0.717) is 0 Å². The molecule has 1 heteroatoms. The van der Waals surface area contributed by atoms with E-state index in [2.05, 4.69) is 37.4 Å². The van der Waals surface area contributed by atoms with Gasteiger partial charge in [0.25, 0.3) is 0 Å². The van der Waals surface area contributed by atoms with Gasteiger partial charge in [0.1, 0.15) is 8.07 Å². The van der Waals surface area contributed by atoms with E-state index in [0.717, 1.165) is 0 Å². The predicted molar refractivity (Wildman–Crippen MR) is 58.8 cm³/mol. The molecule has 68 valence electrons. The third kappa shape index (κ3) is 2.34. The second kappa shape index (κ2) is 4.66. The first kappa shape index (κ1) is 9.78. The molecule has 0 saturated carbocycles. The molecule has 0 radical (unpaired) electrons. The van der Waals surface area contributed by atoms with Crippen molar-refractivity contribution >= 4 is 8.07 Å². The van der Waals surface area contributed by atoms with Crippen LogP contribution in [-0.4, -0.2) is 8.07 Å². The summed E-state index contributed by atoms with van der Waals surface area (Å²) in [6.45, 7) is 4.32. The van der Waals surface area contributed by atoms with E-state index in [1.54, 1.807) is 0 Å². The molecule has 0 bridgehead atoms. The summed E-state index contributed by atoms with van der Waals surface area (Å²) in [5.74, 6) is 0. The van der Waals surface area contributed by atoms with E-state index in [9.17, 15) is 0 Å². The summed E-state index contributed by atoms with van der Waals surface area (Å²) in [6.07, 6.45) is 8.90. The molecule has 12 heavy (non-hydrogen) atoms. The molecule has 1 aliphatic rings. The maximum Gasteiger partial charge on any atom is 0.101 e. The van der Waals surface area contributed by atoms with Crippen LogP contribution in [-0.2, 0) is 0 Å². The molecular formula is C11H20Si. The molecule has 0 aliphatic carbocycles. The first-order valence-electron chi connectivity index (χ1n) is 5.11. The van der Waals surface area contributed by atoms with Crippen LogP contribution >= 0.6 is 0 Å². The fourth-order valence-electron chi connectivity index (χ4n) is 2.26. The van der Waals surface area contributed by atoms with E-state index < -0.39 is 8.07 Å². The molecule has 0 unspecified atom stereocenters. The van der Waals surface area contributed by atoms with Gasteiger partial charge in [0, 0.05) is 0 Å². The SMILES string of the molecule is CC=C[Si]1(C=CC)CCCCC1. The molecule has 0 nitrogen and oxygen atoms in total. The van der Waals surface area contributed by atoms with Crippen LogP contribution < -0.4 is 0 Å². The van der Waals surface area contributed by atoms with Gasteiger partial charge in [-0.2, -0.15) is 0 Å². The molecule has 0 atom stereocenters. The third-order valence-corrected chi connectivity index (χ3v) is 7.34. The Balaban J connectivity index is 2.69. The van der Waals surface area contributed by atoms with E-state index in [-0.39, 0.29) is 0 Å². The lowest BCUT2D eigenvalue weighted by molar-refractivity contribution is 0.719. The average molecular weight is 180 g/mol. The number of rotatable bonds is 2. The molecule has 0 spiro atoms. The van der Waals surface area contributed by atoms with E-state index in [4.69, 9.17) is 0 Å². The van der Waals surface area contributed by atoms with E-state index >= 15 is 0 Å². The predicted octanol–water partition coefficient (Wildman–Crippen LogP) is 3.85. The van der Waals surface area contributed by atoms with Crippen LogP contribution in [0.4, 0.5) is 0 Å². The number of hydrogen-bond donors (Lipinski definition) is 0. The fourth-order valence-corrected chi connectivity index (χ4v) is 6.43. The lowest BCUT2D eigenvalue weighted by Gasteiger charge is -2.29. The summed E-state index contributed by atoms with van der Waals surface area (Å²) in [4.78, 5) is 0. The minimum absolute atomic E-state index is 1.04. The Hall–Kier alpha value is -0.303. The Bertz CT molecular complexity index is 159. The summed E-state index contributed by atoms with van der Waals surface area (Å²) < 4.78 is 0. The average Bonchev–Trinajstić information content (AvgIpc) is 2.07. The summed E-state index contributed by atoms with van der Waals surface area (Å²) in [5, 5.41) is 0. The lowest BCUT2D eigenvalue weighted by atomic mass is 10.3. The summed E-state index contributed by atoms with van der Waals surface area (Å²) in [5.41, 5.74) is 5.04. The molecule has 1 heterocycles. The van der Waals surface area contributed by atoms with Crippen LogP contribution in [0.15, 0.2) is 23.6 Å². The fraction of sp³-hybridized carbons (Fsp3) is 0.636. The first-order valence-corrected chi connectivity index (χ1v) is 7.67. The highest BCUT2D eigenvalue weighted by molar-refractivity contribution is 6.89. The Morgan fingerprint density at radius 1 is 0.833 bits per heavy atom. The van der Waals surface area contributed by atoms with Crippen molar-refractivity contribution in [1.29, 1.82) is 0 Å². The molecule has 0 aromatic rings. The molecule has 0 aromatic heterocycles. The monoisotopic (exact) mass is 180 g/mol. The molecule has 1 saturated heterocycles. The largest absolute Gasteiger partial charge is 0.101 e. The highest BCUT2D eigenvalue weighted by Crippen LogP contribution is 2.30. The third-order valence-electron chi connectivity index (χ3n) is 2.78. The van der Waals surface area contributed by atoms with E-state index in [1.807, 2.05) is 0 Å². The lowest BCUT2D eigenvalue weighted by Crippen LogP contribution is -2.32. The maximum atomic E-state index is 2.52. The zero-order chi connectivity index (χ0) is 8.86. The summed E-state index contributed by atoms with van der Waals surface area (Å²) in [6, 6.07) is 2.98. The molecule has 1 aliphatic heterocycles. The Labute approximate surface area is 77.4 Å². The van der Waals surface area contributed by atoms with Gasteiger partial charge < -0.3 is 0 Å². The highest BCUT2D eigenvalue weighted by Gasteiger charge is 2.28. The Morgan fingerprint density at radius 3 is 1.75 bits per heavy atom. The van der Waals surface area contributed by atoms with Gasteiger partial charge in [0.05, 0.1) is 0 Å². The van der Waals surface area contributed by atoms with Crippen molar-refractivity contribution in [2.75, 3.05) is 0 Å². The normalized spacial score (nSPS) is 23.8. The van der Waals surface area contributed by atoms with Crippen LogP contribution in [0.25, 0.3) is 0 Å². The maximum absolute atomic E-state index is 2.52. The van der Waals surface area contributed by atoms with Gasteiger partial charge in [-0.3, -0.25) is 0 Å². The molecular weight excluding hydrogens is 160 g/mol. The second-order valence-electron chi connectivity index (χ2n) is 3.79. The minimum atomic E-state index is -1.04. The van der Waals surface area contributed by atoms with E-state index in [1.165, 1.54) is 31.4 Å². The highest BCUT2D eigenvalue weighted by atomic mass is 28.3. The number of allylic oxidation sites excluding steroid dienone is 2.